The molecule has 2 aromatic heterocycles. The minimum atomic E-state index is -0.687. The molecule has 0 unspecified atom stereocenters. The van der Waals surface area contributed by atoms with Crippen LogP contribution < -0.4 is 26.6 Å². The van der Waals surface area contributed by atoms with Gasteiger partial charge in [-0.15, -0.1) is 0 Å². The van der Waals surface area contributed by atoms with E-state index in [1.807, 2.05) is 17.9 Å². The number of aromatic nitrogens is 3. The van der Waals surface area contributed by atoms with Crippen molar-refractivity contribution in [2.24, 2.45) is 5.73 Å². The Balaban J connectivity index is 1.44. The highest BCUT2D eigenvalue weighted by molar-refractivity contribution is 7.10. The molecule has 0 spiro atoms. The van der Waals surface area contributed by atoms with Gasteiger partial charge in [-0.05, 0) is 61.6 Å². The largest absolute Gasteiger partial charge is 0.364 e. The van der Waals surface area contributed by atoms with Crippen LogP contribution >= 0.6 is 11.5 Å². The predicted molar refractivity (Wildman–Crippen MR) is 124 cm³/mol. The molecule has 3 heterocycles. The lowest BCUT2D eigenvalue weighted by atomic mass is 10.1. The first-order chi connectivity index (χ1) is 15.9. The SMILES string of the molecule is Cc1cc(Nc2nc(N3CCC[C@@H](NC(=O)Nc4ccc(F)cc4)C3)cnc2C(N)=O)sn1. The summed E-state index contributed by atoms with van der Waals surface area (Å²) >= 11 is 1.25. The first-order valence-corrected chi connectivity index (χ1v) is 11.1. The lowest BCUT2D eigenvalue weighted by molar-refractivity contribution is 0.0996. The third-order valence-corrected chi connectivity index (χ3v) is 5.84. The second-order valence-electron chi connectivity index (χ2n) is 7.64. The van der Waals surface area contributed by atoms with Crippen molar-refractivity contribution in [1.82, 2.24) is 19.7 Å². The van der Waals surface area contributed by atoms with Crippen molar-refractivity contribution in [3.8, 4) is 0 Å². The van der Waals surface area contributed by atoms with Crippen molar-refractivity contribution >= 4 is 45.8 Å². The van der Waals surface area contributed by atoms with E-state index in [0.29, 0.717) is 18.1 Å². The first-order valence-electron chi connectivity index (χ1n) is 10.3. The summed E-state index contributed by atoms with van der Waals surface area (Å²) in [4.78, 5) is 35.0. The number of amides is 3. The summed E-state index contributed by atoms with van der Waals surface area (Å²) < 4.78 is 17.3. The molecule has 1 aliphatic rings. The lowest BCUT2D eigenvalue weighted by Crippen LogP contribution is -2.49. The number of carbonyl (C=O) groups is 2. The molecule has 1 fully saturated rings. The first kappa shape index (κ1) is 22.4. The van der Waals surface area contributed by atoms with Gasteiger partial charge in [-0.25, -0.2) is 19.2 Å². The van der Waals surface area contributed by atoms with Crippen molar-refractivity contribution in [2.75, 3.05) is 28.6 Å². The summed E-state index contributed by atoms with van der Waals surface area (Å²) in [5, 5.41) is 9.44. The molecule has 1 aromatic carbocycles. The fourth-order valence-electron chi connectivity index (χ4n) is 3.53. The number of nitrogens with two attached hydrogens (primary N) is 1. The second kappa shape index (κ2) is 9.77. The summed E-state index contributed by atoms with van der Waals surface area (Å²) in [6, 6.07) is 6.90. The Labute approximate surface area is 193 Å². The van der Waals surface area contributed by atoms with Gasteiger partial charge in [0.1, 0.15) is 16.6 Å². The van der Waals surface area contributed by atoms with Gasteiger partial charge >= 0.3 is 6.03 Å². The van der Waals surface area contributed by atoms with Gasteiger partial charge in [0.05, 0.1) is 11.9 Å². The Bertz CT molecular complexity index is 1150. The molecule has 0 radical (unpaired) electrons. The van der Waals surface area contributed by atoms with E-state index >= 15 is 0 Å². The van der Waals surface area contributed by atoms with Gasteiger partial charge in [0, 0.05) is 24.8 Å². The van der Waals surface area contributed by atoms with Crippen LogP contribution in [0.15, 0.2) is 36.5 Å². The molecule has 33 heavy (non-hydrogen) atoms. The number of nitrogens with one attached hydrogen (secondary N) is 3. The van der Waals surface area contributed by atoms with E-state index in [0.717, 1.165) is 30.1 Å². The highest BCUT2D eigenvalue weighted by Crippen LogP contribution is 2.25. The normalized spacial score (nSPS) is 15.7. The maximum atomic E-state index is 13.0. The number of halogens is 1. The minimum absolute atomic E-state index is 0.0372. The summed E-state index contributed by atoms with van der Waals surface area (Å²) in [5.41, 5.74) is 6.85. The van der Waals surface area contributed by atoms with Crippen LogP contribution in [0.5, 0.6) is 0 Å². The van der Waals surface area contributed by atoms with Crippen molar-refractivity contribution in [2.45, 2.75) is 25.8 Å². The number of rotatable bonds is 6. The zero-order chi connectivity index (χ0) is 23.4. The maximum Gasteiger partial charge on any atom is 0.319 e. The van der Waals surface area contributed by atoms with E-state index in [1.165, 1.54) is 42.0 Å². The molecule has 12 heteroatoms. The molecular formula is C21H23FN8O2S. The Hall–Kier alpha value is -3.80. The number of carbonyl (C=O) groups excluding carboxylic acids is 2. The monoisotopic (exact) mass is 470 g/mol. The quantitative estimate of drug-likeness (QED) is 0.434. The van der Waals surface area contributed by atoms with E-state index in [1.54, 1.807) is 0 Å². The van der Waals surface area contributed by atoms with Crippen LogP contribution in [0.4, 0.5) is 31.5 Å². The number of anilines is 4. The molecule has 1 aliphatic heterocycles. The number of benzene rings is 1. The Morgan fingerprint density at radius 1 is 1.27 bits per heavy atom. The molecule has 10 nitrogen and oxygen atoms in total. The summed E-state index contributed by atoms with van der Waals surface area (Å²) in [6.07, 6.45) is 3.13. The van der Waals surface area contributed by atoms with Gasteiger partial charge in [0.25, 0.3) is 5.91 Å². The zero-order valence-corrected chi connectivity index (χ0v) is 18.7. The lowest BCUT2D eigenvalue weighted by Gasteiger charge is -2.34. The summed E-state index contributed by atoms with van der Waals surface area (Å²) in [5.74, 6) is -0.234. The molecule has 3 amide bonds. The molecule has 1 saturated heterocycles. The molecule has 1 atom stereocenters. The fourth-order valence-corrected chi connectivity index (χ4v) is 4.19. The smallest absolute Gasteiger partial charge is 0.319 e. The number of primary amides is 1. The maximum absolute atomic E-state index is 13.0. The highest BCUT2D eigenvalue weighted by Gasteiger charge is 2.24. The highest BCUT2D eigenvalue weighted by atomic mass is 32.1. The van der Waals surface area contributed by atoms with Crippen molar-refractivity contribution < 1.29 is 14.0 Å². The van der Waals surface area contributed by atoms with Gasteiger partial charge in [-0.2, -0.15) is 4.37 Å². The van der Waals surface area contributed by atoms with Crippen molar-refractivity contribution in [3.05, 3.63) is 53.7 Å². The van der Waals surface area contributed by atoms with E-state index in [2.05, 4.69) is 30.3 Å². The van der Waals surface area contributed by atoms with E-state index < -0.39 is 5.91 Å². The van der Waals surface area contributed by atoms with Gasteiger partial charge in [0.2, 0.25) is 0 Å². The molecule has 5 N–H and O–H groups in total. The zero-order valence-electron chi connectivity index (χ0n) is 17.8. The standard InChI is InChI=1S/C21H23FN8O2S/c1-12-9-17(33-29-12)28-20-18(19(23)31)24-10-16(27-20)30-8-2-3-15(11-30)26-21(32)25-14-6-4-13(22)5-7-14/h4-7,9-10,15H,2-3,8,11H2,1H3,(H2,23,31)(H,27,28)(H2,25,26,32)/t15-/m1/s1. The number of aryl methyl sites for hydroxylation is 1. The Morgan fingerprint density at radius 3 is 2.76 bits per heavy atom. The molecule has 0 saturated carbocycles. The number of nitrogens with zero attached hydrogens (tertiary/aromatic N) is 4. The number of urea groups is 1. The number of piperidine rings is 1. The average molecular weight is 471 g/mol. The van der Waals surface area contributed by atoms with Gasteiger partial charge in [-0.3, -0.25) is 4.79 Å². The second-order valence-corrected chi connectivity index (χ2v) is 8.44. The van der Waals surface area contributed by atoms with Crippen LogP contribution in [0.1, 0.15) is 29.0 Å². The van der Waals surface area contributed by atoms with Crippen LogP contribution in [0.25, 0.3) is 0 Å². The van der Waals surface area contributed by atoms with Crippen LogP contribution in [0.3, 0.4) is 0 Å². The molecule has 0 bridgehead atoms. The number of hydrogen-bond donors (Lipinski definition) is 4. The molecule has 4 rings (SSSR count). The van der Waals surface area contributed by atoms with Gasteiger partial charge in [-0.1, -0.05) is 0 Å². The van der Waals surface area contributed by atoms with Crippen LogP contribution in [-0.4, -0.2) is 45.4 Å². The van der Waals surface area contributed by atoms with Crippen LogP contribution in [0.2, 0.25) is 0 Å². The summed E-state index contributed by atoms with van der Waals surface area (Å²) in [6.45, 7) is 3.11. The molecule has 0 aliphatic carbocycles. The van der Waals surface area contributed by atoms with Crippen LogP contribution in [-0.2, 0) is 0 Å². The summed E-state index contributed by atoms with van der Waals surface area (Å²) in [7, 11) is 0. The molecule has 172 valence electrons. The Morgan fingerprint density at radius 2 is 2.06 bits per heavy atom. The van der Waals surface area contributed by atoms with Gasteiger partial charge < -0.3 is 26.6 Å². The minimum Gasteiger partial charge on any atom is -0.364 e. The predicted octanol–water partition coefficient (Wildman–Crippen LogP) is 3.01. The topological polar surface area (TPSA) is 138 Å². The third kappa shape index (κ3) is 5.71. The van der Waals surface area contributed by atoms with E-state index in [4.69, 9.17) is 5.73 Å². The Kier molecular flexibility index (Phi) is 6.63. The average Bonchev–Trinajstić information content (AvgIpc) is 3.19. The van der Waals surface area contributed by atoms with Crippen LogP contribution in [0, 0.1) is 12.7 Å². The van der Waals surface area contributed by atoms with E-state index in [-0.39, 0.29) is 29.4 Å². The van der Waals surface area contributed by atoms with E-state index in [9.17, 15) is 14.0 Å². The van der Waals surface area contributed by atoms with Gasteiger partial charge in [0.15, 0.2) is 11.5 Å². The third-order valence-electron chi connectivity index (χ3n) is 5.05. The molecule has 3 aromatic rings. The van der Waals surface area contributed by atoms with Crippen molar-refractivity contribution in [1.29, 1.82) is 0 Å². The van der Waals surface area contributed by atoms with Crippen molar-refractivity contribution in [3.63, 3.8) is 0 Å². The number of hydrogen-bond acceptors (Lipinski definition) is 8. The fraction of sp³-hybridized carbons (Fsp3) is 0.286. The molecular weight excluding hydrogens is 447 g/mol.